The highest BCUT2D eigenvalue weighted by atomic mass is 16.7. The number of aromatic nitrogens is 3. The van der Waals surface area contributed by atoms with Gasteiger partial charge >= 0.3 is 17.6 Å². The zero-order chi connectivity index (χ0) is 20.3. The topological polar surface area (TPSA) is 181 Å². The van der Waals surface area contributed by atoms with Gasteiger partial charge < -0.3 is 9.64 Å². The van der Waals surface area contributed by atoms with Crippen LogP contribution in [0.25, 0.3) is 0 Å². The SMILES string of the molecule is O=[N+]([O-])C(c1nc(Oc2ccccc2)nc(N2CCCC2)n1)([N+](=O)[O-])[N+](=O)[O-]. The second-order valence-electron chi connectivity index (χ2n) is 5.76. The van der Waals surface area contributed by atoms with Crippen LogP contribution in [0.15, 0.2) is 30.3 Å². The summed E-state index contributed by atoms with van der Waals surface area (Å²) in [5.74, 6) is -5.15. The lowest BCUT2D eigenvalue weighted by Gasteiger charge is -2.16. The van der Waals surface area contributed by atoms with Crippen molar-refractivity contribution < 1.29 is 19.5 Å². The average molecular weight is 391 g/mol. The highest BCUT2D eigenvalue weighted by molar-refractivity contribution is 5.34. The first-order valence-corrected chi connectivity index (χ1v) is 8.03. The molecule has 1 saturated heterocycles. The number of hydrogen-bond donors (Lipinski definition) is 0. The van der Waals surface area contributed by atoms with Gasteiger partial charge in [-0.25, -0.2) is 0 Å². The van der Waals surface area contributed by atoms with Crippen LogP contribution < -0.4 is 9.64 Å². The molecule has 0 amide bonds. The molecule has 0 saturated carbocycles. The fraction of sp³-hybridized carbons (Fsp3) is 0.357. The first kappa shape index (κ1) is 18.8. The minimum absolute atomic E-state index is 0.164. The average Bonchev–Trinajstić information content (AvgIpc) is 3.16. The van der Waals surface area contributed by atoms with E-state index < -0.39 is 32.4 Å². The van der Waals surface area contributed by atoms with Crippen molar-refractivity contribution in [3.63, 3.8) is 0 Å². The molecule has 28 heavy (non-hydrogen) atoms. The molecule has 1 aromatic heterocycles. The monoisotopic (exact) mass is 391 g/mol. The molecule has 2 heterocycles. The van der Waals surface area contributed by atoms with Gasteiger partial charge in [0.25, 0.3) is 0 Å². The van der Waals surface area contributed by atoms with Gasteiger partial charge in [0.05, 0.1) is 0 Å². The smallest absolute Gasteiger partial charge is 0.424 e. The highest BCUT2D eigenvalue weighted by Gasteiger charge is 2.76. The molecule has 0 unspecified atom stereocenters. The number of nitro groups is 3. The van der Waals surface area contributed by atoms with E-state index in [0.717, 1.165) is 12.8 Å². The first-order valence-electron chi connectivity index (χ1n) is 8.03. The van der Waals surface area contributed by atoms with Gasteiger partial charge in [0.2, 0.25) is 5.95 Å². The Hall–Kier alpha value is -3.97. The Balaban J connectivity index is 2.17. The lowest BCUT2D eigenvalue weighted by molar-refractivity contribution is -0.987. The van der Waals surface area contributed by atoms with Crippen molar-refractivity contribution in [3.8, 4) is 11.8 Å². The summed E-state index contributed by atoms with van der Waals surface area (Å²) in [4.78, 5) is 42.0. The molecule has 0 N–H and O–H groups in total. The van der Waals surface area contributed by atoms with Gasteiger partial charge in [-0.15, -0.1) is 0 Å². The van der Waals surface area contributed by atoms with Crippen molar-refractivity contribution in [1.82, 2.24) is 15.0 Å². The summed E-state index contributed by atoms with van der Waals surface area (Å²) in [7, 11) is 0. The maximum Gasteiger partial charge on any atom is 0.763 e. The molecule has 3 rings (SSSR count). The van der Waals surface area contributed by atoms with Crippen LogP contribution in [0.3, 0.4) is 0 Å². The predicted octanol–water partition coefficient (Wildman–Crippen LogP) is 1.20. The van der Waals surface area contributed by atoms with Gasteiger partial charge in [-0.05, 0) is 25.0 Å². The van der Waals surface area contributed by atoms with Crippen LogP contribution in [0.2, 0.25) is 0 Å². The summed E-state index contributed by atoms with van der Waals surface area (Å²) in [6.07, 6.45) is 1.56. The number of nitrogens with zero attached hydrogens (tertiary/aromatic N) is 7. The van der Waals surface area contributed by atoms with Crippen molar-refractivity contribution >= 4 is 5.95 Å². The lowest BCUT2D eigenvalue weighted by Crippen LogP contribution is -2.51. The Morgan fingerprint density at radius 2 is 1.46 bits per heavy atom. The molecule has 0 radical (unpaired) electrons. The first-order chi connectivity index (χ1) is 13.4. The largest absolute Gasteiger partial charge is 0.763 e. The number of benzene rings is 1. The summed E-state index contributed by atoms with van der Waals surface area (Å²) in [5, 5.41) is 34.1. The Kier molecular flexibility index (Phi) is 4.93. The van der Waals surface area contributed by atoms with E-state index >= 15 is 0 Å². The van der Waals surface area contributed by atoms with Crippen LogP contribution in [-0.2, 0) is 5.79 Å². The van der Waals surface area contributed by atoms with Crippen molar-refractivity contribution in [2.75, 3.05) is 18.0 Å². The van der Waals surface area contributed by atoms with Crippen LogP contribution in [0.4, 0.5) is 5.95 Å². The second kappa shape index (κ2) is 7.34. The second-order valence-corrected chi connectivity index (χ2v) is 5.76. The normalized spacial score (nSPS) is 13.9. The fourth-order valence-electron chi connectivity index (χ4n) is 2.64. The van der Waals surface area contributed by atoms with Crippen LogP contribution in [0, 0.1) is 30.3 Å². The van der Waals surface area contributed by atoms with Crippen LogP contribution in [0.1, 0.15) is 18.7 Å². The van der Waals surface area contributed by atoms with Crippen LogP contribution in [0.5, 0.6) is 11.8 Å². The van der Waals surface area contributed by atoms with Gasteiger partial charge in [0, 0.05) is 13.1 Å². The van der Waals surface area contributed by atoms with Gasteiger partial charge in [-0.1, -0.05) is 18.2 Å². The van der Waals surface area contributed by atoms with E-state index in [0.29, 0.717) is 13.1 Å². The molecule has 1 fully saturated rings. The third-order valence-electron chi connectivity index (χ3n) is 4.01. The molecule has 146 valence electrons. The Bertz CT molecular complexity index is 881. The quantitative estimate of drug-likeness (QED) is 0.376. The zero-order valence-corrected chi connectivity index (χ0v) is 14.2. The Morgan fingerprint density at radius 1 is 0.893 bits per heavy atom. The van der Waals surface area contributed by atoms with E-state index in [1.54, 1.807) is 23.1 Å². The van der Waals surface area contributed by atoms with Crippen molar-refractivity contribution in [2.45, 2.75) is 18.6 Å². The lowest BCUT2D eigenvalue weighted by atomic mass is 10.3. The number of anilines is 1. The Labute approximate surface area is 156 Å². The molecule has 14 nitrogen and oxygen atoms in total. The van der Waals surface area contributed by atoms with Gasteiger partial charge in [0.1, 0.15) is 5.75 Å². The van der Waals surface area contributed by atoms with Gasteiger partial charge in [0.15, 0.2) is 14.8 Å². The molecule has 0 bridgehead atoms. The summed E-state index contributed by atoms with van der Waals surface area (Å²) < 4.78 is 5.40. The van der Waals surface area contributed by atoms with E-state index in [1.165, 1.54) is 12.1 Å². The number of para-hydroxylation sites is 1. The van der Waals surface area contributed by atoms with Crippen molar-refractivity contribution in [1.29, 1.82) is 0 Å². The number of rotatable bonds is 7. The number of ether oxygens (including phenoxy) is 1. The van der Waals surface area contributed by atoms with Crippen molar-refractivity contribution in [3.05, 3.63) is 66.5 Å². The number of hydrogen-bond acceptors (Lipinski definition) is 11. The van der Waals surface area contributed by atoms with E-state index in [4.69, 9.17) is 4.74 Å². The minimum atomic E-state index is -3.98. The van der Waals surface area contributed by atoms with Crippen LogP contribution >= 0.6 is 0 Å². The maximum absolute atomic E-state index is 11.4. The van der Waals surface area contributed by atoms with E-state index in [1.807, 2.05) is 0 Å². The molecule has 0 aliphatic carbocycles. The molecule has 1 aliphatic rings. The van der Waals surface area contributed by atoms with Gasteiger partial charge in [-0.3, -0.25) is 30.3 Å². The zero-order valence-electron chi connectivity index (χ0n) is 14.2. The van der Waals surface area contributed by atoms with Crippen LogP contribution in [-0.4, -0.2) is 42.8 Å². The molecular weight excluding hydrogens is 378 g/mol. The van der Waals surface area contributed by atoms with E-state index in [9.17, 15) is 30.3 Å². The molecule has 1 aromatic carbocycles. The highest BCUT2D eigenvalue weighted by Crippen LogP contribution is 2.29. The summed E-state index contributed by atoms with van der Waals surface area (Å²) in [6, 6.07) is 7.51. The summed E-state index contributed by atoms with van der Waals surface area (Å²) >= 11 is 0. The molecule has 0 atom stereocenters. The molecule has 0 spiro atoms. The van der Waals surface area contributed by atoms with Gasteiger partial charge in [-0.2, -0.15) is 15.0 Å². The third kappa shape index (κ3) is 3.22. The predicted molar refractivity (Wildman–Crippen MR) is 90.5 cm³/mol. The summed E-state index contributed by atoms with van der Waals surface area (Å²) in [5.41, 5.74) is 0. The fourth-order valence-corrected chi connectivity index (χ4v) is 2.64. The summed E-state index contributed by atoms with van der Waals surface area (Å²) in [6.45, 7) is 0.966. The molecule has 14 heteroatoms. The molecular formula is C14H13N7O7. The molecule has 2 aromatic rings. The Morgan fingerprint density at radius 3 is 2.00 bits per heavy atom. The van der Waals surface area contributed by atoms with E-state index in [-0.39, 0.29) is 11.7 Å². The minimum Gasteiger partial charge on any atom is -0.424 e. The third-order valence-corrected chi connectivity index (χ3v) is 4.01. The molecule has 1 aliphatic heterocycles. The maximum atomic E-state index is 11.4. The van der Waals surface area contributed by atoms with Crippen molar-refractivity contribution in [2.24, 2.45) is 0 Å². The standard InChI is InChI=1S/C14H13N7O7/c22-19(23)14(20(24)25,21(26)27)11-15-12(18-8-4-5-9-18)17-13(16-11)28-10-6-2-1-3-7-10/h1-3,6-7H,4-5,8-9H2. The van der Waals surface area contributed by atoms with E-state index in [2.05, 4.69) is 15.0 Å².